The topological polar surface area (TPSA) is 57.6 Å². The summed E-state index contributed by atoms with van der Waals surface area (Å²) < 4.78 is 0. The number of hydrogen-bond acceptors (Lipinski definition) is 2. The van der Waals surface area contributed by atoms with E-state index in [0.29, 0.717) is 30.0 Å². The minimum atomic E-state index is -0.917. The van der Waals surface area contributed by atoms with E-state index in [1.54, 1.807) is 4.90 Å². The fraction of sp³-hybridized carbons (Fsp3) is 0.733. The molecule has 4 heteroatoms. The number of likely N-dealkylation sites (N-methyl/N-ethyl adjacent to an activating group) is 1. The van der Waals surface area contributed by atoms with Crippen molar-refractivity contribution in [3.05, 3.63) is 11.1 Å². The van der Waals surface area contributed by atoms with Crippen molar-refractivity contribution in [3.63, 3.8) is 0 Å². The predicted molar refractivity (Wildman–Crippen MR) is 72.8 cm³/mol. The number of carboxylic acid groups (broad SMARTS) is 1. The molecule has 0 saturated heterocycles. The quantitative estimate of drug-likeness (QED) is 0.853. The van der Waals surface area contributed by atoms with Crippen molar-refractivity contribution < 1.29 is 14.7 Å². The molecule has 1 N–H and O–H groups in total. The summed E-state index contributed by atoms with van der Waals surface area (Å²) in [5, 5.41) is 9.22. The minimum Gasteiger partial charge on any atom is -0.478 e. The number of carbonyl (C=O) groups is 2. The fourth-order valence-electron chi connectivity index (χ4n) is 3.22. The lowest BCUT2D eigenvalue weighted by atomic mass is 9.89. The minimum absolute atomic E-state index is 0.0519. The Kier molecular flexibility index (Phi) is 4.61. The van der Waals surface area contributed by atoms with Gasteiger partial charge in [-0.1, -0.05) is 19.3 Å². The maximum absolute atomic E-state index is 12.5. The average molecular weight is 265 g/mol. The molecule has 0 radical (unpaired) electrons. The molecule has 0 heterocycles. The van der Waals surface area contributed by atoms with E-state index < -0.39 is 5.97 Å². The standard InChI is InChI=1S/C15H23NO3/c1-16(11-7-3-2-4-8-11)14(17)12-9-5-6-10-13(12)15(18)19/h11H,2-10H2,1H3,(H,18,19). The fourth-order valence-corrected chi connectivity index (χ4v) is 3.22. The lowest BCUT2D eigenvalue weighted by molar-refractivity contribution is -0.134. The molecule has 0 spiro atoms. The van der Waals surface area contributed by atoms with Crippen molar-refractivity contribution in [1.29, 1.82) is 0 Å². The van der Waals surface area contributed by atoms with Gasteiger partial charge in [-0.25, -0.2) is 4.79 Å². The number of aliphatic carboxylic acids is 1. The number of carboxylic acids is 1. The highest BCUT2D eigenvalue weighted by Crippen LogP contribution is 2.29. The molecular formula is C15H23NO3. The summed E-state index contributed by atoms with van der Waals surface area (Å²) in [6.45, 7) is 0. The normalized spacial score (nSPS) is 21.3. The molecule has 0 atom stereocenters. The Morgan fingerprint density at radius 2 is 1.58 bits per heavy atom. The first kappa shape index (κ1) is 14.1. The van der Waals surface area contributed by atoms with Crippen LogP contribution >= 0.6 is 0 Å². The van der Waals surface area contributed by atoms with Crippen LogP contribution in [0, 0.1) is 0 Å². The third kappa shape index (κ3) is 3.17. The molecule has 106 valence electrons. The summed E-state index contributed by atoms with van der Waals surface area (Å²) in [5.41, 5.74) is 0.894. The second-order valence-electron chi connectivity index (χ2n) is 5.68. The smallest absolute Gasteiger partial charge is 0.332 e. The molecule has 0 aromatic carbocycles. The van der Waals surface area contributed by atoms with Gasteiger partial charge in [0.1, 0.15) is 0 Å². The molecule has 1 fully saturated rings. The Morgan fingerprint density at radius 3 is 2.16 bits per heavy atom. The van der Waals surface area contributed by atoms with Gasteiger partial charge in [0.2, 0.25) is 5.91 Å². The van der Waals surface area contributed by atoms with E-state index in [0.717, 1.165) is 25.7 Å². The molecule has 0 bridgehead atoms. The molecular weight excluding hydrogens is 242 g/mol. The van der Waals surface area contributed by atoms with E-state index in [-0.39, 0.29) is 5.91 Å². The van der Waals surface area contributed by atoms with Gasteiger partial charge < -0.3 is 10.0 Å². The van der Waals surface area contributed by atoms with Crippen LogP contribution in [0.4, 0.5) is 0 Å². The Hall–Kier alpha value is -1.32. The van der Waals surface area contributed by atoms with E-state index in [1.807, 2.05) is 7.05 Å². The Morgan fingerprint density at radius 1 is 1.00 bits per heavy atom. The second-order valence-corrected chi connectivity index (χ2v) is 5.68. The molecule has 0 aromatic heterocycles. The van der Waals surface area contributed by atoms with Crippen LogP contribution < -0.4 is 0 Å². The van der Waals surface area contributed by atoms with Gasteiger partial charge in [-0.15, -0.1) is 0 Å². The van der Waals surface area contributed by atoms with Crippen molar-refractivity contribution in [2.45, 2.75) is 63.8 Å². The van der Waals surface area contributed by atoms with Gasteiger partial charge in [0.05, 0.1) is 0 Å². The van der Waals surface area contributed by atoms with Gasteiger partial charge in [0.25, 0.3) is 0 Å². The largest absolute Gasteiger partial charge is 0.478 e. The zero-order valence-electron chi connectivity index (χ0n) is 11.7. The maximum atomic E-state index is 12.5. The van der Waals surface area contributed by atoms with E-state index in [4.69, 9.17) is 0 Å². The molecule has 2 rings (SSSR count). The molecule has 0 aliphatic heterocycles. The van der Waals surface area contributed by atoms with Crippen LogP contribution in [0.25, 0.3) is 0 Å². The number of hydrogen-bond donors (Lipinski definition) is 1. The number of amides is 1. The third-order valence-corrected chi connectivity index (χ3v) is 4.43. The summed E-state index contributed by atoms with van der Waals surface area (Å²) >= 11 is 0. The maximum Gasteiger partial charge on any atom is 0.332 e. The second kappa shape index (κ2) is 6.22. The van der Waals surface area contributed by atoms with Crippen LogP contribution in [-0.4, -0.2) is 35.0 Å². The van der Waals surface area contributed by atoms with Crippen LogP contribution in [0.2, 0.25) is 0 Å². The lowest BCUT2D eigenvalue weighted by Gasteiger charge is -2.33. The first-order valence-electron chi connectivity index (χ1n) is 7.33. The highest BCUT2D eigenvalue weighted by atomic mass is 16.4. The third-order valence-electron chi connectivity index (χ3n) is 4.43. The molecule has 0 aromatic rings. The van der Waals surface area contributed by atoms with Gasteiger partial charge in [0.15, 0.2) is 0 Å². The number of rotatable bonds is 3. The Bertz CT molecular complexity index is 394. The van der Waals surface area contributed by atoms with Crippen molar-refractivity contribution in [2.75, 3.05) is 7.05 Å². The van der Waals surface area contributed by atoms with Crippen molar-refractivity contribution in [1.82, 2.24) is 4.90 Å². The molecule has 19 heavy (non-hydrogen) atoms. The SMILES string of the molecule is CN(C(=O)C1=C(C(=O)O)CCCC1)C1CCCCC1. The van der Waals surface area contributed by atoms with Crippen molar-refractivity contribution in [3.8, 4) is 0 Å². The van der Waals surface area contributed by atoms with Gasteiger partial charge in [0, 0.05) is 24.2 Å². The van der Waals surface area contributed by atoms with Gasteiger partial charge >= 0.3 is 5.97 Å². The molecule has 4 nitrogen and oxygen atoms in total. The Labute approximate surface area is 114 Å². The van der Waals surface area contributed by atoms with Gasteiger partial charge in [-0.3, -0.25) is 4.79 Å². The van der Waals surface area contributed by atoms with Gasteiger partial charge in [-0.2, -0.15) is 0 Å². The highest BCUT2D eigenvalue weighted by Gasteiger charge is 2.29. The van der Waals surface area contributed by atoms with E-state index >= 15 is 0 Å². The molecule has 2 aliphatic rings. The first-order chi connectivity index (χ1) is 9.11. The molecule has 0 unspecified atom stereocenters. The monoisotopic (exact) mass is 265 g/mol. The van der Waals surface area contributed by atoms with E-state index in [1.165, 1.54) is 19.3 Å². The predicted octanol–water partition coefficient (Wildman–Crippen LogP) is 2.73. The van der Waals surface area contributed by atoms with Crippen LogP contribution in [0.5, 0.6) is 0 Å². The zero-order chi connectivity index (χ0) is 13.8. The molecule has 1 amide bonds. The number of nitrogens with zero attached hydrogens (tertiary/aromatic N) is 1. The van der Waals surface area contributed by atoms with Gasteiger partial charge in [-0.05, 0) is 38.5 Å². The van der Waals surface area contributed by atoms with Crippen LogP contribution in [0.3, 0.4) is 0 Å². The Balaban J connectivity index is 2.14. The van der Waals surface area contributed by atoms with Crippen molar-refractivity contribution >= 4 is 11.9 Å². The molecule has 2 aliphatic carbocycles. The summed E-state index contributed by atoms with van der Waals surface area (Å²) in [4.78, 5) is 25.6. The van der Waals surface area contributed by atoms with E-state index in [9.17, 15) is 14.7 Å². The van der Waals surface area contributed by atoms with Crippen LogP contribution in [0.1, 0.15) is 57.8 Å². The summed E-state index contributed by atoms with van der Waals surface area (Å²) in [5.74, 6) is -0.968. The van der Waals surface area contributed by atoms with Crippen molar-refractivity contribution in [2.24, 2.45) is 0 Å². The van der Waals surface area contributed by atoms with Crippen LogP contribution in [0.15, 0.2) is 11.1 Å². The average Bonchev–Trinajstić information content (AvgIpc) is 2.46. The lowest BCUT2D eigenvalue weighted by Crippen LogP contribution is -2.40. The molecule has 1 saturated carbocycles. The summed E-state index contributed by atoms with van der Waals surface area (Å²) in [7, 11) is 1.83. The highest BCUT2D eigenvalue weighted by molar-refractivity contribution is 6.02. The first-order valence-corrected chi connectivity index (χ1v) is 7.33. The summed E-state index contributed by atoms with van der Waals surface area (Å²) in [6.07, 6.45) is 8.67. The van der Waals surface area contributed by atoms with Crippen LogP contribution in [-0.2, 0) is 9.59 Å². The zero-order valence-corrected chi connectivity index (χ0v) is 11.7. The summed E-state index contributed by atoms with van der Waals surface area (Å²) in [6, 6.07) is 0.297. The van der Waals surface area contributed by atoms with E-state index in [2.05, 4.69) is 0 Å². The number of carbonyl (C=O) groups excluding carboxylic acids is 1.